The molecule has 0 amide bonds. The molecule has 0 fully saturated rings. The number of hydrogen-bond donors (Lipinski definition) is 1. The molecule has 0 radical (unpaired) electrons. The Hall–Kier alpha value is -1.94. The molecule has 20 heavy (non-hydrogen) atoms. The predicted octanol–water partition coefficient (Wildman–Crippen LogP) is 2.59. The summed E-state index contributed by atoms with van der Waals surface area (Å²) >= 11 is 0. The molecular weight excluding hydrogens is 250 g/mol. The van der Waals surface area contributed by atoms with Crippen molar-refractivity contribution in [3.05, 3.63) is 53.1 Å². The van der Waals surface area contributed by atoms with E-state index in [0.29, 0.717) is 6.61 Å². The summed E-state index contributed by atoms with van der Waals surface area (Å²) in [5, 5.41) is 3.22. The summed E-state index contributed by atoms with van der Waals surface area (Å²) in [6, 6.07) is 8.38. The Bertz CT molecular complexity index is 627. The standard InChI is InChI=1S/C16H19N3O/c1-10(17-3)13-8-18-16(19-11(13)2)14-9-20-15-7-5-4-6-12(14)15/h4-8,10,14,17H,9H2,1-3H3. The van der Waals surface area contributed by atoms with Gasteiger partial charge in [0, 0.05) is 29.1 Å². The zero-order valence-electron chi connectivity index (χ0n) is 12.1. The van der Waals surface area contributed by atoms with E-state index in [-0.39, 0.29) is 12.0 Å². The Balaban J connectivity index is 1.95. The Kier molecular flexibility index (Phi) is 3.40. The molecule has 2 aromatic rings. The highest BCUT2D eigenvalue weighted by atomic mass is 16.5. The monoisotopic (exact) mass is 269 g/mol. The fourth-order valence-electron chi connectivity index (χ4n) is 2.62. The fourth-order valence-corrected chi connectivity index (χ4v) is 2.62. The van der Waals surface area contributed by atoms with Gasteiger partial charge in [-0.25, -0.2) is 9.97 Å². The van der Waals surface area contributed by atoms with Crippen LogP contribution in [-0.4, -0.2) is 23.6 Å². The number of fused-ring (bicyclic) bond motifs is 1. The highest BCUT2D eigenvalue weighted by Crippen LogP contribution is 2.36. The van der Waals surface area contributed by atoms with Gasteiger partial charge >= 0.3 is 0 Å². The van der Waals surface area contributed by atoms with Crippen molar-refractivity contribution in [2.75, 3.05) is 13.7 Å². The SMILES string of the molecule is CNC(C)c1cnc(C2COc3ccccc32)nc1C. The van der Waals surface area contributed by atoms with Crippen LogP contribution < -0.4 is 10.1 Å². The van der Waals surface area contributed by atoms with Crippen LogP contribution in [0.15, 0.2) is 30.5 Å². The summed E-state index contributed by atoms with van der Waals surface area (Å²) in [5.41, 5.74) is 3.35. The maximum Gasteiger partial charge on any atom is 0.139 e. The van der Waals surface area contributed by atoms with Gasteiger partial charge in [-0.15, -0.1) is 0 Å². The molecule has 0 saturated heterocycles. The second-order valence-corrected chi connectivity index (χ2v) is 5.18. The average molecular weight is 269 g/mol. The first kappa shape index (κ1) is 13.1. The molecule has 1 aliphatic rings. The quantitative estimate of drug-likeness (QED) is 0.930. The van der Waals surface area contributed by atoms with Crippen LogP contribution in [0.25, 0.3) is 0 Å². The first-order valence-electron chi connectivity index (χ1n) is 6.93. The van der Waals surface area contributed by atoms with Crippen molar-refractivity contribution in [2.24, 2.45) is 0 Å². The number of hydrogen-bond acceptors (Lipinski definition) is 4. The molecule has 0 bridgehead atoms. The number of para-hydroxylation sites is 1. The van der Waals surface area contributed by atoms with E-state index >= 15 is 0 Å². The van der Waals surface area contributed by atoms with E-state index in [1.807, 2.05) is 38.4 Å². The van der Waals surface area contributed by atoms with Crippen LogP contribution in [0.3, 0.4) is 0 Å². The lowest BCUT2D eigenvalue weighted by Crippen LogP contribution is -2.16. The largest absolute Gasteiger partial charge is 0.492 e. The van der Waals surface area contributed by atoms with Gasteiger partial charge in [-0.1, -0.05) is 18.2 Å². The lowest BCUT2D eigenvalue weighted by atomic mass is 10.00. The number of nitrogens with zero attached hydrogens (tertiary/aromatic N) is 2. The predicted molar refractivity (Wildman–Crippen MR) is 78.0 cm³/mol. The van der Waals surface area contributed by atoms with Gasteiger partial charge in [0.1, 0.15) is 18.2 Å². The average Bonchev–Trinajstić information content (AvgIpc) is 2.90. The summed E-state index contributed by atoms with van der Waals surface area (Å²) in [4.78, 5) is 9.25. The van der Waals surface area contributed by atoms with Crippen molar-refractivity contribution in [1.82, 2.24) is 15.3 Å². The van der Waals surface area contributed by atoms with Crippen LogP contribution in [0.2, 0.25) is 0 Å². The molecule has 0 spiro atoms. The van der Waals surface area contributed by atoms with Gasteiger partial charge in [0.15, 0.2) is 0 Å². The Labute approximate surface area is 119 Å². The second kappa shape index (κ2) is 5.21. The van der Waals surface area contributed by atoms with Crippen LogP contribution in [0.5, 0.6) is 5.75 Å². The molecule has 2 atom stereocenters. The number of nitrogens with one attached hydrogen (secondary N) is 1. The maximum atomic E-state index is 5.71. The third kappa shape index (κ3) is 2.16. The van der Waals surface area contributed by atoms with Gasteiger partial charge in [0.2, 0.25) is 0 Å². The van der Waals surface area contributed by atoms with E-state index in [9.17, 15) is 0 Å². The van der Waals surface area contributed by atoms with Gasteiger partial charge in [-0.2, -0.15) is 0 Å². The van der Waals surface area contributed by atoms with Crippen LogP contribution in [0, 0.1) is 6.92 Å². The van der Waals surface area contributed by atoms with E-state index in [1.165, 1.54) is 5.56 Å². The second-order valence-electron chi connectivity index (χ2n) is 5.18. The maximum absolute atomic E-state index is 5.71. The van der Waals surface area contributed by atoms with Crippen LogP contribution in [-0.2, 0) is 0 Å². The molecule has 1 N–H and O–H groups in total. The molecule has 0 saturated carbocycles. The van der Waals surface area contributed by atoms with Crippen molar-refractivity contribution < 1.29 is 4.74 Å². The Morgan fingerprint density at radius 1 is 1.35 bits per heavy atom. The highest BCUT2D eigenvalue weighted by Gasteiger charge is 2.28. The van der Waals surface area contributed by atoms with E-state index in [4.69, 9.17) is 9.72 Å². The van der Waals surface area contributed by atoms with E-state index in [0.717, 1.165) is 22.8 Å². The zero-order chi connectivity index (χ0) is 14.1. The minimum Gasteiger partial charge on any atom is -0.492 e. The van der Waals surface area contributed by atoms with Crippen molar-refractivity contribution in [3.8, 4) is 5.75 Å². The van der Waals surface area contributed by atoms with Crippen molar-refractivity contribution in [3.63, 3.8) is 0 Å². The van der Waals surface area contributed by atoms with E-state index < -0.39 is 0 Å². The van der Waals surface area contributed by atoms with Crippen molar-refractivity contribution >= 4 is 0 Å². The third-order valence-electron chi connectivity index (χ3n) is 3.95. The fraction of sp³-hybridized carbons (Fsp3) is 0.375. The summed E-state index contributed by atoms with van der Waals surface area (Å²) in [6.45, 7) is 4.77. The normalized spacial score (nSPS) is 18.4. The highest BCUT2D eigenvalue weighted by molar-refractivity contribution is 5.43. The molecule has 104 valence electrons. The lowest BCUT2D eigenvalue weighted by Gasteiger charge is -2.15. The topological polar surface area (TPSA) is 47.0 Å². The van der Waals surface area contributed by atoms with Gasteiger partial charge < -0.3 is 10.1 Å². The summed E-state index contributed by atoms with van der Waals surface area (Å²) < 4.78 is 5.71. The number of benzene rings is 1. The summed E-state index contributed by atoms with van der Waals surface area (Å²) in [5.74, 6) is 1.94. The Morgan fingerprint density at radius 3 is 2.90 bits per heavy atom. The Morgan fingerprint density at radius 2 is 2.15 bits per heavy atom. The van der Waals surface area contributed by atoms with Crippen LogP contribution in [0.4, 0.5) is 0 Å². The first-order chi connectivity index (χ1) is 9.70. The lowest BCUT2D eigenvalue weighted by molar-refractivity contribution is 0.339. The number of aryl methyl sites for hydroxylation is 1. The molecule has 2 heterocycles. The van der Waals surface area contributed by atoms with Crippen LogP contribution >= 0.6 is 0 Å². The van der Waals surface area contributed by atoms with Crippen LogP contribution in [0.1, 0.15) is 41.5 Å². The molecule has 2 unspecified atom stereocenters. The summed E-state index contributed by atoms with van der Waals surface area (Å²) in [7, 11) is 1.94. The molecule has 1 aliphatic heterocycles. The molecule has 4 nitrogen and oxygen atoms in total. The van der Waals surface area contributed by atoms with E-state index in [1.54, 1.807) is 0 Å². The molecule has 3 rings (SSSR count). The number of rotatable bonds is 3. The number of aromatic nitrogens is 2. The number of ether oxygens (including phenoxy) is 1. The molecule has 1 aromatic carbocycles. The molecule has 1 aromatic heterocycles. The smallest absolute Gasteiger partial charge is 0.139 e. The molecular formula is C16H19N3O. The third-order valence-corrected chi connectivity index (χ3v) is 3.95. The molecule has 0 aliphatic carbocycles. The first-order valence-corrected chi connectivity index (χ1v) is 6.93. The van der Waals surface area contributed by atoms with Gasteiger partial charge in [-0.05, 0) is 27.0 Å². The van der Waals surface area contributed by atoms with Gasteiger partial charge in [0.05, 0.1) is 5.92 Å². The minimum atomic E-state index is 0.142. The summed E-state index contributed by atoms with van der Waals surface area (Å²) in [6.07, 6.45) is 1.93. The zero-order valence-corrected chi connectivity index (χ0v) is 12.1. The van der Waals surface area contributed by atoms with E-state index in [2.05, 4.69) is 23.3 Å². The van der Waals surface area contributed by atoms with Crippen molar-refractivity contribution in [2.45, 2.75) is 25.8 Å². The van der Waals surface area contributed by atoms with Crippen molar-refractivity contribution in [1.29, 1.82) is 0 Å². The van der Waals surface area contributed by atoms with Gasteiger partial charge in [0.25, 0.3) is 0 Å². The molecule has 4 heteroatoms. The van der Waals surface area contributed by atoms with Gasteiger partial charge in [-0.3, -0.25) is 0 Å². The minimum absolute atomic E-state index is 0.142.